The number of carbonyl (C=O) groups is 1. The topological polar surface area (TPSA) is 105 Å². The molecule has 228 valence electrons. The number of likely N-dealkylation sites (tertiary alicyclic amines) is 1. The Bertz CT molecular complexity index is 1730. The molecule has 2 atom stereocenters. The predicted molar refractivity (Wildman–Crippen MR) is 157 cm³/mol. The molecule has 1 aliphatic heterocycles. The molecule has 0 saturated carbocycles. The number of carbonyl (C=O) groups excluding carboxylic acids is 1. The number of piperidine rings is 1. The van der Waals surface area contributed by atoms with Gasteiger partial charge in [-0.1, -0.05) is 23.7 Å². The number of thiophene rings is 1. The van der Waals surface area contributed by atoms with E-state index in [1.165, 1.54) is 32.7 Å². The summed E-state index contributed by atoms with van der Waals surface area (Å²) < 4.78 is 42.6. The van der Waals surface area contributed by atoms with Crippen molar-refractivity contribution in [1.29, 1.82) is 0 Å². The second kappa shape index (κ2) is 11.7. The van der Waals surface area contributed by atoms with Crippen molar-refractivity contribution >= 4 is 39.7 Å². The first-order chi connectivity index (χ1) is 20.6. The summed E-state index contributed by atoms with van der Waals surface area (Å²) in [7, 11) is 1.93. The summed E-state index contributed by atoms with van der Waals surface area (Å²) in [6, 6.07) is 3.68. The zero-order chi connectivity index (χ0) is 30.5. The number of fused-ring (bicyclic) bond motifs is 2. The first-order valence-corrected chi connectivity index (χ1v) is 15.3. The zero-order valence-corrected chi connectivity index (χ0v) is 24.8. The van der Waals surface area contributed by atoms with Crippen molar-refractivity contribution in [1.82, 2.24) is 29.5 Å². The second-order valence-electron chi connectivity index (χ2n) is 11.2. The predicted octanol–water partition coefficient (Wildman–Crippen LogP) is 4.57. The van der Waals surface area contributed by atoms with E-state index < -0.39 is 36.3 Å². The van der Waals surface area contributed by atoms with Crippen LogP contribution in [0.3, 0.4) is 0 Å². The molecule has 2 aliphatic rings. The van der Waals surface area contributed by atoms with Crippen molar-refractivity contribution in [3.05, 3.63) is 68.6 Å². The minimum atomic E-state index is -2.92. The molecule has 6 rings (SSSR count). The van der Waals surface area contributed by atoms with Gasteiger partial charge < -0.3 is 15.3 Å². The number of aromatic nitrogens is 4. The lowest BCUT2D eigenvalue weighted by Gasteiger charge is -2.38. The number of benzene rings is 1. The van der Waals surface area contributed by atoms with Crippen molar-refractivity contribution < 1.29 is 23.1 Å². The average molecular weight is 635 g/mol. The van der Waals surface area contributed by atoms with Crippen LogP contribution >= 0.6 is 22.9 Å². The first-order valence-electron chi connectivity index (χ1n) is 14.0. The van der Waals surface area contributed by atoms with Gasteiger partial charge >= 0.3 is 0 Å². The zero-order valence-electron chi connectivity index (χ0n) is 23.3. The monoisotopic (exact) mass is 634 g/mol. The highest BCUT2D eigenvalue weighted by Crippen LogP contribution is 2.43. The molecule has 4 heterocycles. The van der Waals surface area contributed by atoms with Crippen molar-refractivity contribution in [2.75, 3.05) is 20.1 Å². The van der Waals surface area contributed by atoms with Crippen LogP contribution in [0.4, 0.5) is 13.2 Å². The fourth-order valence-electron chi connectivity index (χ4n) is 6.16. The van der Waals surface area contributed by atoms with Gasteiger partial charge in [0.15, 0.2) is 0 Å². The standard InChI is InChI=1S/C29H30ClF3N6O3S/c1-34-20-5-4-17-16(20)2-3-18(24(17)30)26-25-19(13-43-26)28(41)38(15-35-25)14-29(42)7-10-37(11-8-29)23(40)12-21(27(32)33)39-9-6-22(31)36-39/h2-3,6,9,13,15,20-21,27,34,42H,4-5,7-8,10-12,14H2,1H3. The van der Waals surface area contributed by atoms with Crippen molar-refractivity contribution in [2.45, 2.75) is 62.8 Å². The van der Waals surface area contributed by atoms with Crippen LogP contribution in [0.25, 0.3) is 21.3 Å². The highest BCUT2D eigenvalue weighted by atomic mass is 35.5. The van der Waals surface area contributed by atoms with E-state index in [0.29, 0.717) is 15.9 Å². The number of alkyl halides is 2. The molecule has 2 N–H and O–H groups in total. The summed E-state index contributed by atoms with van der Waals surface area (Å²) in [5.74, 6) is -1.45. The van der Waals surface area contributed by atoms with E-state index >= 15 is 0 Å². The summed E-state index contributed by atoms with van der Waals surface area (Å²) in [6.45, 7) is 0.216. The molecule has 43 heavy (non-hydrogen) atoms. The number of halogens is 4. The smallest absolute Gasteiger partial charge is 0.262 e. The number of nitrogens with one attached hydrogen (secondary N) is 1. The molecule has 1 fully saturated rings. The maximum atomic E-state index is 13.6. The van der Waals surface area contributed by atoms with Crippen molar-refractivity contribution in [3.8, 4) is 10.4 Å². The van der Waals surface area contributed by atoms with Gasteiger partial charge in [0.25, 0.3) is 12.0 Å². The van der Waals surface area contributed by atoms with Crippen LogP contribution in [-0.2, 0) is 17.8 Å². The van der Waals surface area contributed by atoms with Crippen LogP contribution < -0.4 is 10.9 Å². The third-order valence-corrected chi connectivity index (χ3v) is 10.0. The summed E-state index contributed by atoms with van der Waals surface area (Å²) >= 11 is 8.24. The Kier molecular flexibility index (Phi) is 8.09. The molecule has 1 saturated heterocycles. The molecule has 0 radical (unpaired) electrons. The van der Waals surface area contributed by atoms with Crippen LogP contribution in [-0.4, -0.2) is 67.4 Å². The Balaban J connectivity index is 1.15. The lowest BCUT2D eigenvalue weighted by Crippen LogP contribution is -2.50. The van der Waals surface area contributed by atoms with E-state index in [9.17, 15) is 27.9 Å². The molecule has 0 spiro atoms. The largest absolute Gasteiger partial charge is 0.388 e. The Morgan fingerprint density at radius 2 is 2.05 bits per heavy atom. The highest BCUT2D eigenvalue weighted by Gasteiger charge is 2.37. The van der Waals surface area contributed by atoms with Gasteiger partial charge in [0.2, 0.25) is 11.9 Å². The van der Waals surface area contributed by atoms with E-state index in [2.05, 4.69) is 21.5 Å². The molecule has 1 amide bonds. The highest BCUT2D eigenvalue weighted by molar-refractivity contribution is 7.15. The minimum Gasteiger partial charge on any atom is -0.388 e. The average Bonchev–Trinajstić information content (AvgIpc) is 3.72. The third-order valence-electron chi connectivity index (χ3n) is 8.62. The van der Waals surface area contributed by atoms with E-state index in [0.717, 1.165) is 45.8 Å². The first kappa shape index (κ1) is 29.8. The summed E-state index contributed by atoms with van der Waals surface area (Å²) in [6.07, 6.45) is 1.16. The molecule has 1 aliphatic carbocycles. The van der Waals surface area contributed by atoms with E-state index in [4.69, 9.17) is 11.6 Å². The number of hydrogen-bond donors (Lipinski definition) is 2. The molecule has 0 bridgehead atoms. The van der Waals surface area contributed by atoms with E-state index in [1.807, 2.05) is 13.1 Å². The molecule has 2 unspecified atom stereocenters. The van der Waals surface area contributed by atoms with Gasteiger partial charge in [0.05, 0.1) is 45.7 Å². The van der Waals surface area contributed by atoms with Gasteiger partial charge in [-0.25, -0.2) is 13.8 Å². The molecule has 1 aromatic carbocycles. The maximum absolute atomic E-state index is 13.6. The number of amides is 1. The van der Waals surface area contributed by atoms with Gasteiger partial charge in [-0.2, -0.15) is 4.39 Å². The van der Waals surface area contributed by atoms with Gasteiger partial charge in [0.1, 0.15) is 6.04 Å². The normalized spacial score (nSPS) is 18.9. The fraction of sp³-hybridized carbons (Fsp3) is 0.448. The quantitative estimate of drug-likeness (QED) is 0.294. The number of aliphatic hydroxyl groups is 1. The van der Waals surface area contributed by atoms with Crippen LogP contribution in [0.1, 0.15) is 48.9 Å². The molecular weight excluding hydrogens is 605 g/mol. The fourth-order valence-corrected chi connectivity index (χ4v) is 7.60. The van der Waals surface area contributed by atoms with Crippen LogP contribution in [0.5, 0.6) is 0 Å². The Morgan fingerprint density at radius 3 is 2.72 bits per heavy atom. The van der Waals surface area contributed by atoms with Crippen LogP contribution in [0.15, 0.2) is 40.9 Å². The van der Waals surface area contributed by atoms with Gasteiger partial charge in [-0.15, -0.1) is 16.4 Å². The number of rotatable bonds is 8. The summed E-state index contributed by atoms with van der Waals surface area (Å²) in [4.78, 5) is 33.0. The van der Waals surface area contributed by atoms with E-state index in [-0.39, 0.29) is 44.1 Å². The van der Waals surface area contributed by atoms with Gasteiger partial charge in [0, 0.05) is 42.3 Å². The Labute approximate surface area is 253 Å². The lowest BCUT2D eigenvalue weighted by atomic mass is 9.91. The lowest BCUT2D eigenvalue weighted by molar-refractivity contribution is -0.138. The number of hydrogen-bond acceptors (Lipinski definition) is 7. The van der Waals surface area contributed by atoms with E-state index in [1.54, 1.807) is 5.38 Å². The molecule has 3 aromatic heterocycles. The van der Waals surface area contributed by atoms with Crippen molar-refractivity contribution in [3.63, 3.8) is 0 Å². The summed E-state index contributed by atoms with van der Waals surface area (Å²) in [5, 5.41) is 20.9. The second-order valence-corrected chi connectivity index (χ2v) is 12.5. The minimum absolute atomic E-state index is 0.0286. The Hall–Kier alpha value is -3.26. The van der Waals surface area contributed by atoms with Gasteiger partial charge in [-0.05, 0) is 43.9 Å². The third kappa shape index (κ3) is 5.59. The molecule has 4 aromatic rings. The van der Waals surface area contributed by atoms with Crippen LogP contribution in [0, 0.1) is 5.95 Å². The SMILES string of the molecule is CNC1CCc2c1ccc(-c1scc3c(=O)n(CC4(O)CCN(C(=O)CC(C(F)F)n5ccc(F)n5)CC4)cnc13)c2Cl. The maximum Gasteiger partial charge on any atom is 0.262 e. The molecular formula is C29H30ClF3N6O3S. The Morgan fingerprint density at radius 1 is 1.28 bits per heavy atom. The van der Waals surface area contributed by atoms with Crippen molar-refractivity contribution in [2.24, 2.45) is 0 Å². The molecule has 9 nitrogen and oxygen atoms in total. The molecule has 14 heteroatoms. The van der Waals surface area contributed by atoms with Crippen LogP contribution in [0.2, 0.25) is 5.02 Å². The number of nitrogens with zero attached hydrogens (tertiary/aromatic N) is 5. The van der Waals surface area contributed by atoms with Gasteiger partial charge in [-0.3, -0.25) is 18.8 Å². The summed E-state index contributed by atoms with van der Waals surface area (Å²) in [5.41, 5.74) is 2.10.